The van der Waals surface area contributed by atoms with Crippen LogP contribution in [0.2, 0.25) is 0 Å². The summed E-state index contributed by atoms with van der Waals surface area (Å²) in [6, 6.07) is 7.42. The molecule has 0 spiro atoms. The van der Waals surface area contributed by atoms with Gasteiger partial charge in [0.15, 0.2) is 0 Å². The molecule has 2 N–H and O–H groups in total. The molecule has 1 aromatic carbocycles. The van der Waals surface area contributed by atoms with Crippen LogP contribution >= 0.6 is 0 Å². The molecular weight excluding hydrogens is 282 g/mol. The predicted molar refractivity (Wildman–Crippen MR) is 82.2 cm³/mol. The first-order valence-electron chi connectivity index (χ1n) is 7.45. The van der Waals surface area contributed by atoms with E-state index in [2.05, 4.69) is 12.2 Å². The van der Waals surface area contributed by atoms with Crippen molar-refractivity contribution in [2.75, 3.05) is 13.7 Å². The molecule has 1 aromatic heterocycles. The molecule has 0 bridgehead atoms. The molecule has 0 saturated carbocycles. The fourth-order valence-corrected chi connectivity index (χ4v) is 2.80. The van der Waals surface area contributed by atoms with E-state index in [4.69, 9.17) is 13.9 Å². The van der Waals surface area contributed by atoms with Crippen LogP contribution in [0.3, 0.4) is 0 Å². The van der Waals surface area contributed by atoms with Crippen LogP contribution in [-0.4, -0.2) is 24.9 Å². The van der Waals surface area contributed by atoms with Crippen LogP contribution in [0.5, 0.6) is 11.5 Å². The second-order valence-electron chi connectivity index (χ2n) is 5.54. The number of ether oxygens (including phenoxy) is 2. The summed E-state index contributed by atoms with van der Waals surface area (Å²) in [5.74, 6) is 2.47. The smallest absolute Gasteiger partial charge is 0.127 e. The van der Waals surface area contributed by atoms with Crippen molar-refractivity contribution >= 4 is 0 Å². The van der Waals surface area contributed by atoms with Crippen molar-refractivity contribution in [3.63, 3.8) is 0 Å². The lowest BCUT2D eigenvalue weighted by Crippen LogP contribution is -2.23. The van der Waals surface area contributed by atoms with Crippen molar-refractivity contribution in [3.8, 4) is 11.5 Å². The maximum atomic E-state index is 9.53. The van der Waals surface area contributed by atoms with Gasteiger partial charge in [-0.25, -0.2) is 0 Å². The topological polar surface area (TPSA) is 63.9 Å². The van der Waals surface area contributed by atoms with Gasteiger partial charge in [-0.05, 0) is 31.2 Å². The van der Waals surface area contributed by atoms with Gasteiger partial charge in [0.2, 0.25) is 0 Å². The Hall–Kier alpha value is -1.98. The Labute approximate surface area is 129 Å². The van der Waals surface area contributed by atoms with Gasteiger partial charge in [0.25, 0.3) is 0 Å². The fraction of sp³-hybridized carbons (Fsp3) is 0.412. The van der Waals surface area contributed by atoms with Crippen molar-refractivity contribution in [1.29, 1.82) is 0 Å². The number of fused-ring (bicyclic) bond motifs is 1. The summed E-state index contributed by atoms with van der Waals surface area (Å²) in [5.41, 5.74) is 2.20. The third kappa shape index (κ3) is 2.96. The first kappa shape index (κ1) is 14.9. The number of benzene rings is 1. The van der Waals surface area contributed by atoms with E-state index in [-0.39, 0.29) is 18.8 Å². The molecule has 2 unspecified atom stereocenters. The van der Waals surface area contributed by atoms with Crippen molar-refractivity contribution in [3.05, 3.63) is 47.4 Å². The predicted octanol–water partition coefficient (Wildman–Crippen LogP) is 2.43. The third-order valence-corrected chi connectivity index (χ3v) is 3.89. The van der Waals surface area contributed by atoms with Crippen LogP contribution in [-0.2, 0) is 13.0 Å². The summed E-state index contributed by atoms with van der Waals surface area (Å²) >= 11 is 0. The molecule has 2 aromatic rings. The molecular formula is C17H21NO4. The molecule has 0 fully saturated rings. The summed E-state index contributed by atoms with van der Waals surface area (Å²) in [5, 5.41) is 12.8. The maximum absolute atomic E-state index is 9.53. The van der Waals surface area contributed by atoms with Gasteiger partial charge in [0.05, 0.1) is 26.0 Å². The van der Waals surface area contributed by atoms with Gasteiger partial charge in [0, 0.05) is 24.1 Å². The second-order valence-corrected chi connectivity index (χ2v) is 5.54. The number of methoxy groups -OCH3 is 1. The van der Waals surface area contributed by atoms with Gasteiger partial charge in [-0.1, -0.05) is 0 Å². The van der Waals surface area contributed by atoms with Crippen LogP contribution < -0.4 is 14.8 Å². The highest BCUT2D eigenvalue weighted by Crippen LogP contribution is 2.36. The van der Waals surface area contributed by atoms with Crippen molar-refractivity contribution in [2.45, 2.75) is 32.0 Å². The van der Waals surface area contributed by atoms with Crippen molar-refractivity contribution in [2.24, 2.45) is 0 Å². The summed E-state index contributed by atoms with van der Waals surface area (Å²) in [7, 11) is 1.66. The SMILES string of the molecule is COc1cc(CNC(CO)c2ccco2)c2c(c1)CC(C)O2. The Bertz CT molecular complexity index is 624. The van der Waals surface area contributed by atoms with Crippen LogP contribution in [0, 0.1) is 0 Å². The fourth-order valence-electron chi connectivity index (χ4n) is 2.80. The molecule has 1 aliphatic heterocycles. The molecule has 0 amide bonds. The van der Waals surface area contributed by atoms with E-state index in [1.165, 1.54) is 5.56 Å². The Balaban J connectivity index is 1.79. The van der Waals surface area contributed by atoms with Gasteiger partial charge in [-0.2, -0.15) is 0 Å². The first-order valence-corrected chi connectivity index (χ1v) is 7.45. The molecule has 5 nitrogen and oxygen atoms in total. The average Bonchev–Trinajstić information content (AvgIpc) is 3.16. The molecule has 1 aliphatic rings. The maximum Gasteiger partial charge on any atom is 0.127 e. The minimum atomic E-state index is -0.240. The first-order chi connectivity index (χ1) is 10.7. The Morgan fingerprint density at radius 3 is 3.00 bits per heavy atom. The molecule has 0 aliphatic carbocycles. The standard InChI is InChI=1S/C17H21NO4/c1-11-6-12-7-14(20-2)8-13(17(12)22-11)9-18-15(10-19)16-4-3-5-21-16/h3-5,7-8,11,15,18-19H,6,9-10H2,1-2H3. The van der Waals surface area contributed by atoms with Gasteiger partial charge in [-0.15, -0.1) is 0 Å². The number of furan rings is 1. The van der Waals surface area contributed by atoms with Crippen LogP contribution in [0.25, 0.3) is 0 Å². The lowest BCUT2D eigenvalue weighted by molar-refractivity contribution is 0.223. The van der Waals surface area contributed by atoms with Crippen LogP contribution in [0.4, 0.5) is 0 Å². The number of nitrogens with one attached hydrogen (secondary N) is 1. The number of hydrogen-bond donors (Lipinski definition) is 2. The summed E-state index contributed by atoms with van der Waals surface area (Å²) in [4.78, 5) is 0. The molecule has 0 saturated heterocycles. The minimum absolute atomic E-state index is 0.0308. The zero-order chi connectivity index (χ0) is 15.5. The minimum Gasteiger partial charge on any atom is -0.497 e. The van der Waals surface area contributed by atoms with Crippen LogP contribution in [0.1, 0.15) is 29.9 Å². The molecule has 2 atom stereocenters. The van der Waals surface area contributed by atoms with Gasteiger partial charge in [-0.3, -0.25) is 0 Å². The molecule has 5 heteroatoms. The Morgan fingerprint density at radius 2 is 2.32 bits per heavy atom. The van der Waals surface area contributed by atoms with E-state index in [1.54, 1.807) is 13.4 Å². The molecule has 2 heterocycles. The van der Waals surface area contributed by atoms with Gasteiger partial charge < -0.3 is 24.3 Å². The highest BCUT2D eigenvalue weighted by Gasteiger charge is 2.24. The van der Waals surface area contributed by atoms with E-state index in [0.717, 1.165) is 29.2 Å². The van der Waals surface area contributed by atoms with E-state index in [1.807, 2.05) is 24.3 Å². The monoisotopic (exact) mass is 303 g/mol. The van der Waals surface area contributed by atoms with E-state index in [0.29, 0.717) is 6.54 Å². The van der Waals surface area contributed by atoms with Crippen molar-refractivity contribution in [1.82, 2.24) is 5.32 Å². The normalized spacial score (nSPS) is 17.9. The number of hydrogen-bond acceptors (Lipinski definition) is 5. The highest BCUT2D eigenvalue weighted by molar-refractivity contribution is 5.49. The summed E-state index contributed by atoms with van der Waals surface area (Å²) in [6.07, 6.45) is 2.68. The zero-order valence-electron chi connectivity index (χ0n) is 12.8. The van der Waals surface area contributed by atoms with Gasteiger partial charge >= 0.3 is 0 Å². The molecule has 22 heavy (non-hydrogen) atoms. The number of rotatable bonds is 6. The highest BCUT2D eigenvalue weighted by atomic mass is 16.5. The van der Waals surface area contributed by atoms with E-state index in [9.17, 15) is 5.11 Å². The number of aliphatic hydroxyl groups excluding tert-OH is 1. The molecule has 3 rings (SSSR count). The molecule has 0 radical (unpaired) electrons. The average molecular weight is 303 g/mol. The Morgan fingerprint density at radius 1 is 1.45 bits per heavy atom. The van der Waals surface area contributed by atoms with Crippen LogP contribution in [0.15, 0.2) is 34.9 Å². The number of aliphatic hydroxyl groups is 1. The Kier molecular flexibility index (Phi) is 4.36. The quantitative estimate of drug-likeness (QED) is 0.858. The lowest BCUT2D eigenvalue weighted by atomic mass is 10.1. The van der Waals surface area contributed by atoms with E-state index < -0.39 is 0 Å². The summed E-state index contributed by atoms with van der Waals surface area (Å²) < 4.78 is 16.6. The molecule has 118 valence electrons. The van der Waals surface area contributed by atoms with Gasteiger partial charge in [0.1, 0.15) is 23.4 Å². The lowest BCUT2D eigenvalue weighted by Gasteiger charge is -2.16. The third-order valence-electron chi connectivity index (χ3n) is 3.89. The zero-order valence-corrected chi connectivity index (χ0v) is 12.8. The summed E-state index contributed by atoms with van der Waals surface area (Å²) in [6.45, 7) is 2.60. The van der Waals surface area contributed by atoms with Crippen molar-refractivity contribution < 1.29 is 19.0 Å². The van der Waals surface area contributed by atoms with E-state index >= 15 is 0 Å². The second kappa shape index (κ2) is 6.42. The largest absolute Gasteiger partial charge is 0.497 e.